The van der Waals surface area contributed by atoms with Gasteiger partial charge < -0.3 is 36.4 Å². The van der Waals surface area contributed by atoms with Crippen molar-refractivity contribution in [2.24, 2.45) is 0 Å². The number of rotatable bonds is 12. The molecule has 12 heteroatoms. The van der Waals surface area contributed by atoms with Crippen LogP contribution in [0.25, 0.3) is 11.1 Å². The highest BCUT2D eigenvalue weighted by atomic mass is 32.2. The van der Waals surface area contributed by atoms with Gasteiger partial charge in [0.2, 0.25) is 5.91 Å². The van der Waals surface area contributed by atoms with Gasteiger partial charge in [-0.3, -0.25) is 9.59 Å². The number of anilines is 1. The van der Waals surface area contributed by atoms with Crippen molar-refractivity contribution in [1.29, 1.82) is 0 Å². The second-order valence-electron chi connectivity index (χ2n) is 11.5. The van der Waals surface area contributed by atoms with Gasteiger partial charge in [-0.05, 0) is 54.3 Å². The second-order valence-corrected chi connectivity index (χ2v) is 12.6. The third kappa shape index (κ3) is 9.27. The van der Waals surface area contributed by atoms with Gasteiger partial charge in [-0.15, -0.1) is 11.8 Å². The van der Waals surface area contributed by atoms with Crippen molar-refractivity contribution < 1.29 is 29.0 Å². The van der Waals surface area contributed by atoms with Crippen LogP contribution in [0.15, 0.2) is 71.6 Å². The molecule has 3 aromatic rings. The molecule has 0 aromatic heterocycles. The minimum Gasteiger partial charge on any atom is -0.394 e. The number of halogens is 1. The highest BCUT2D eigenvalue weighted by Gasteiger charge is 2.33. The molecule has 4 rings (SSSR count). The molecule has 240 valence electrons. The summed E-state index contributed by atoms with van der Waals surface area (Å²) in [7, 11) is 1.56. The number of amides is 4. The average Bonchev–Trinajstić information content (AvgIpc) is 3.14. The number of hydrogen-bond donors (Lipinski definition) is 6. The van der Waals surface area contributed by atoms with Gasteiger partial charge in [-0.25, -0.2) is 9.18 Å². The van der Waals surface area contributed by atoms with Crippen LogP contribution in [-0.2, 0) is 22.7 Å². The van der Waals surface area contributed by atoms with Crippen molar-refractivity contribution in [1.82, 2.24) is 21.3 Å². The topological polar surface area (TPSA) is 143 Å². The van der Waals surface area contributed by atoms with Gasteiger partial charge in [0.05, 0.1) is 24.9 Å². The molecule has 0 radical (unpaired) electrons. The Morgan fingerprint density at radius 1 is 1.11 bits per heavy atom. The summed E-state index contributed by atoms with van der Waals surface area (Å²) >= 11 is 1.31. The highest BCUT2D eigenvalue weighted by Crippen LogP contribution is 2.36. The van der Waals surface area contributed by atoms with Crippen molar-refractivity contribution >= 4 is 35.3 Å². The number of carbonyl (C=O) groups is 3. The van der Waals surface area contributed by atoms with Crippen molar-refractivity contribution in [3.63, 3.8) is 0 Å². The second kappa shape index (κ2) is 15.3. The summed E-state index contributed by atoms with van der Waals surface area (Å²) in [6.45, 7) is 3.87. The molecule has 0 spiro atoms. The first-order chi connectivity index (χ1) is 21.5. The number of nitrogens with zero attached hydrogens (tertiary/aromatic N) is 1. The Hall–Kier alpha value is -3.97. The van der Waals surface area contributed by atoms with Crippen LogP contribution in [-0.4, -0.2) is 71.7 Å². The monoisotopic (exact) mass is 637 g/mol. The summed E-state index contributed by atoms with van der Waals surface area (Å²) in [4.78, 5) is 40.9. The SMILES string of the molecule is CNC(=O)NCc1ccccc1-c1ccc(CN2C(=O)[C@H](NC(=O)CC(C)(C)NC[C@H](O)CO)CSc3cc(F)ccc32)cc1. The van der Waals surface area contributed by atoms with E-state index in [9.17, 15) is 23.9 Å². The fraction of sp³-hybridized carbons (Fsp3) is 0.364. The maximum absolute atomic E-state index is 14.2. The number of carbonyl (C=O) groups excluding carboxylic acids is 3. The number of thioether (sulfide) groups is 1. The largest absolute Gasteiger partial charge is 0.394 e. The molecule has 0 unspecified atom stereocenters. The van der Waals surface area contributed by atoms with Crippen molar-refractivity contribution in [2.75, 3.05) is 30.9 Å². The molecule has 0 fully saturated rings. The number of β-amino-alcohol motifs (C(OH)–C–C–N with tert-alkyl or cyclic N) is 1. The first-order valence-electron chi connectivity index (χ1n) is 14.7. The Bertz CT molecular complexity index is 1500. The molecule has 1 heterocycles. The standard InChI is InChI=1S/C33H40FN5O5S/c1-33(2,37-17-25(41)19-40)15-30(42)38-27-20-45-29-14-24(34)12-13-28(29)39(31(27)43)18-21-8-10-22(11-9-21)26-7-5-4-6-23(26)16-36-32(44)35-3/h4-14,25,27,37,40-41H,15-20H2,1-3H3,(H,38,42)(H2,35,36,44)/t25-,27+/m0/s1. The zero-order valence-corrected chi connectivity index (χ0v) is 26.4. The van der Waals surface area contributed by atoms with Crippen LogP contribution >= 0.6 is 11.8 Å². The lowest BCUT2D eigenvalue weighted by molar-refractivity contribution is -0.128. The Kier molecular flexibility index (Phi) is 11.6. The van der Waals surface area contributed by atoms with E-state index in [1.165, 1.54) is 23.9 Å². The summed E-state index contributed by atoms with van der Waals surface area (Å²) in [6.07, 6.45) is -0.919. The molecule has 10 nitrogen and oxygen atoms in total. The van der Waals surface area contributed by atoms with E-state index >= 15 is 0 Å². The lowest BCUT2D eigenvalue weighted by Crippen LogP contribution is -2.52. The molecule has 2 atom stereocenters. The van der Waals surface area contributed by atoms with E-state index in [0.29, 0.717) is 17.1 Å². The first-order valence-corrected chi connectivity index (χ1v) is 15.7. The van der Waals surface area contributed by atoms with Gasteiger partial charge in [0.25, 0.3) is 5.91 Å². The number of urea groups is 1. The van der Waals surface area contributed by atoms with E-state index < -0.39 is 30.1 Å². The predicted molar refractivity (Wildman–Crippen MR) is 173 cm³/mol. The van der Waals surface area contributed by atoms with Crippen LogP contribution in [0.5, 0.6) is 0 Å². The van der Waals surface area contributed by atoms with E-state index in [0.717, 1.165) is 22.3 Å². The predicted octanol–water partition coefficient (Wildman–Crippen LogP) is 3.16. The summed E-state index contributed by atoms with van der Waals surface area (Å²) in [5, 5.41) is 30.0. The quantitative estimate of drug-likeness (QED) is 0.179. The van der Waals surface area contributed by atoms with E-state index in [4.69, 9.17) is 5.11 Å². The number of aliphatic hydroxyl groups excluding tert-OH is 2. The fourth-order valence-electron chi connectivity index (χ4n) is 5.00. The van der Waals surface area contributed by atoms with Gasteiger partial charge in [0.1, 0.15) is 11.9 Å². The normalized spacial score (nSPS) is 15.6. The summed E-state index contributed by atoms with van der Waals surface area (Å²) in [5.74, 6) is -0.842. The number of hydrogen-bond acceptors (Lipinski definition) is 7. The minimum absolute atomic E-state index is 0.0305. The van der Waals surface area contributed by atoms with E-state index in [1.54, 1.807) is 31.9 Å². The molecule has 6 N–H and O–H groups in total. The fourth-order valence-corrected chi connectivity index (χ4v) is 6.10. The third-order valence-corrected chi connectivity index (χ3v) is 8.57. The summed E-state index contributed by atoms with van der Waals surface area (Å²) in [5.41, 5.74) is 3.57. The Balaban J connectivity index is 1.52. The Morgan fingerprint density at radius 3 is 2.56 bits per heavy atom. The number of aliphatic hydroxyl groups is 2. The van der Waals surface area contributed by atoms with Crippen LogP contribution in [0.2, 0.25) is 0 Å². The molecule has 45 heavy (non-hydrogen) atoms. The smallest absolute Gasteiger partial charge is 0.314 e. The van der Waals surface area contributed by atoms with Crippen molar-refractivity contribution in [3.05, 3.63) is 83.7 Å². The Morgan fingerprint density at radius 2 is 1.84 bits per heavy atom. The number of nitrogens with one attached hydrogen (secondary N) is 4. The zero-order chi connectivity index (χ0) is 32.6. The van der Waals surface area contributed by atoms with E-state index in [2.05, 4.69) is 21.3 Å². The van der Waals surface area contributed by atoms with Gasteiger partial charge in [0.15, 0.2) is 0 Å². The minimum atomic E-state index is -0.950. The van der Waals surface area contributed by atoms with Crippen molar-refractivity contribution in [3.8, 4) is 11.1 Å². The average molecular weight is 638 g/mol. The zero-order valence-electron chi connectivity index (χ0n) is 25.6. The van der Waals surface area contributed by atoms with Crippen LogP contribution in [0.1, 0.15) is 31.4 Å². The Labute approximate surface area is 266 Å². The molecular formula is C33H40FN5O5S. The molecular weight excluding hydrogens is 597 g/mol. The molecule has 0 saturated heterocycles. The maximum Gasteiger partial charge on any atom is 0.314 e. The summed E-state index contributed by atoms with van der Waals surface area (Å²) < 4.78 is 14.2. The molecule has 4 amide bonds. The number of fused-ring (bicyclic) bond motifs is 1. The van der Waals surface area contributed by atoms with Gasteiger partial charge in [0, 0.05) is 42.7 Å². The number of benzene rings is 3. The first kappa shape index (κ1) is 33.9. The van der Waals surface area contributed by atoms with Crippen LogP contribution < -0.4 is 26.2 Å². The molecule has 0 bridgehead atoms. The molecule has 0 saturated carbocycles. The maximum atomic E-state index is 14.2. The van der Waals surface area contributed by atoms with Crippen LogP contribution in [0, 0.1) is 5.82 Å². The van der Waals surface area contributed by atoms with Crippen LogP contribution in [0.3, 0.4) is 0 Å². The highest BCUT2D eigenvalue weighted by molar-refractivity contribution is 7.99. The molecule has 1 aliphatic heterocycles. The summed E-state index contributed by atoms with van der Waals surface area (Å²) in [6, 6.07) is 18.7. The van der Waals surface area contributed by atoms with Gasteiger partial charge >= 0.3 is 6.03 Å². The lowest BCUT2D eigenvalue weighted by atomic mass is 9.98. The van der Waals surface area contributed by atoms with Gasteiger partial charge in [-0.2, -0.15) is 0 Å². The van der Waals surface area contributed by atoms with Crippen LogP contribution in [0.4, 0.5) is 14.9 Å². The molecule has 0 aliphatic carbocycles. The molecule has 3 aromatic carbocycles. The van der Waals surface area contributed by atoms with Crippen molar-refractivity contribution in [2.45, 2.75) is 55.9 Å². The van der Waals surface area contributed by atoms with E-state index in [-0.39, 0.29) is 43.1 Å². The third-order valence-electron chi connectivity index (χ3n) is 7.44. The van der Waals surface area contributed by atoms with E-state index in [1.807, 2.05) is 48.5 Å². The lowest BCUT2D eigenvalue weighted by Gasteiger charge is -2.29. The van der Waals surface area contributed by atoms with Gasteiger partial charge in [-0.1, -0.05) is 48.5 Å². The molecule has 1 aliphatic rings.